The Labute approximate surface area is 124 Å². The molecule has 0 bridgehead atoms. The molecule has 2 unspecified atom stereocenters. The van der Waals surface area contributed by atoms with Gasteiger partial charge in [-0.1, -0.05) is 25.4 Å². The summed E-state index contributed by atoms with van der Waals surface area (Å²) in [6.07, 6.45) is 2.37. The molecule has 1 aliphatic rings. The minimum absolute atomic E-state index is 0.0776. The number of halogens is 2. The number of hydrogen-bond donors (Lipinski definition) is 1. The Hall–Kier alpha value is -0.840. The molecule has 3 nitrogen and oxygen atoms in total. The van der Waals surface area contributed by atoms with Crippen LogP contribution in [0.25, 0.3) is 0 Å². The summed E-state index contributed by atoms with van der Waals surface area (Å²) in [5.74, 6) is 0.139. The normalized spacial score (nSPS) is 22.4. The zero-order valence-corrected chi connectivity index (χ0v) is 12.6. The van der Waals surface area contributed by atoms with Crippen molar-refractivity contribution in [2.75, 3.05) is 13.2 Å². The van der Waals surface area contributed by atoms with Crippen LogP contribution in [0.1, 0.15) is 26.7 Å². The number of ether oxygens (including phenoxy) is 2. The average molecular weight is 302 g/mol. The summed E-state index contributed by atoms with van der Waals surface area (Å²) >= 11 is 5.71. The van der Waals surface area contributed by atoms with E-state index in [0.29, 0.717) is 18.4 Å². The average Bonchev–Trinajstić information content (AvgIpc) is 2.86. The van der Waals surface area contributed by atoms with Crippen molar-refractivity contribution in [2.24, 2.45) is 0 Å². The lowest BCUT2D eigenvalue weighted by atomic mass is 10.2. The number of hydrogen-bond acceptors (Lipinski definition) is 3. The summed E-state index contributed by atoms with van der Waals surface area (Å²) < 4.78 is 24.5. The van der Waals surface area contributed by atoms with E-state index < -0.39 is 5.82 Å². The molecule has 1 aromatic rings. The third kappa shape index (κ3) is 4.62. The van der Waals surface area contributed by atoms with Crippen LogP contribution in [0.15, 0.2) is 18.2 Å². The van der Waals surface area contributed by atoms with Gasteiger partial charge in [0.1, 0.15) is 18.2 Å². The molecule has 5 heteroatoms. The number of rotatable bonds is 6. The van der Waals surface area contributed by atoms with Crippen LogP contribution in [0.3, 0.4) is 0 Å². The van der Waals surface area contributed by atoms with Crippen molar-refractivity contribution in [3.63, 3.8) is 0 Å². The Morgan fingerprint density at radius 1 is 1.40 bits per heavy atom. The fourth-order valence-electron chi connectivity index (χ4n) is 2.18. The lowest BCUT2D eigenvalue weighted by Gasteiger charge is -2.16. The second kappa shape index (κ2) is 7.25. The molecule has 0 spiro atoms. The Balaban J connectivity index is 1.73. The maximum atomic E-state index is 13.0. The minimum atomic E-state index is -0.434. The van der Waals surface area contributed by atoms with Crippen molar-refractivity contribution in [1.82, 2.24) is 5.32 Å². The molecule has 1 N–H and O–H groups in total. The van der Waals surface area contributed by atoms with Gasteiger partial charge < -0.3 is 14.8 Å². The quantitative estimate of drug-likeness (QED) is 0.873. The van der Waals surface area contributed by atoms with Gasteiger partial charge in [0.15, 0.2) is 0 Å². The van der Waals surface area contributed by atoms with E-state index in [2.05, 4.69) is 19.2 Å². The summed E-state index contributed by atoms with van der Waals surface area (Å²) in [4.78, 5) is 0. The monoisotopic (exact) mass is 301 g/mol. The first-order chi connectivity index (χ1) is 9.54. The summed E-state index contributed by atoms with van der Waals surface area (Å²) in [5.41, 5.74) is 0. The van der Waals surface area contributed by atoms with Crippen molar-refractivity contribution in [2.45, 2.75) is 44.9 Å². The lowest BCUT2D eigenvalue weighted by Crippen LogP contribution is -2.32. The molecule has 0 aliphatic carbocycles. The zero-order chi connectivity index (χ0) is 14.5. The van der Waals surface area contributed by atoms with Crippen LogP contribution in [0, 0.1) is 5.82 Å². The highest BCUT2D eigenvalue weighted by Gasteiger charge is 2.25. The van der Waals surface area contributed by atoms with E-state index in [-0.39, 0.29) is 17.2 Å². The van der Waals surface area contributed by atoms with Gasteiger partial charge in [0.2, 0.25) is 0 Å². The first-order valence-corrected chi connectivity index (χ1v) is 7.39. The predicted octanol–water partition coefficient (Wildman–Crippen LogP) is 3.40. The molecule has 2 rings (SSSR count). The molecule has 1 saturated heterocycles. The van der Waals surface area contributed by atoms with E-state index >= 15 is 0 Å². The fourth-order valence-corrected chi connectivity index (χ4v) is 2.35. The van der Waals surface area contributed by atoms with E-state index in [1.807, 2.05) is 0 Å². The van der Waals surface area contributed by atoms with Crippen LogP contribution in [0.4, 0.5) is 4.39 Å². The highest BCUT2D eigenvalue weighted by atomic mass is 35.5. The van der Waals surface area contributed by atoms with Gasteiger partial charge in [0, 0.05) is 18.7 Å². The van der Waals surface area contributed by atoms with Gasteiger partial charge in [-0.25, -0.2) is 4.39 Å². The molecule has 1 heterocycles. The van der Waals surface area contributed by atoms with Crippen LogP contribution in [-0.2, 0) is 4.74 Å². The predicted molar refractivity (Wildman–Crippen MR) is 77.9 cm³/mol. The van der Waals surface area contributed by atoms with Crippen molar-refractivity contribution in [3.8, 4) is 5.75 Å². The third-order valence-corrected chi connectivity index (χ3v) is 3.57. The first-order valence-electron chi connectivity index (χ1n) is 7.01. The van der Waals surface area contributed by atoms with Crippen LogP contribution >= 0.6 is 11.6 Å². The van der Waals surface area contributed by atoms with Crippen molar-refractivity contribution < 1.29 is 13.9 Å². The summed E-state index contributed by atoms with van der Waals surface area (Å²) in [6, 6.07) is 4.84. The standard InChI is InChI=1S/C15H21ClFNO2/c1-10(2)18-8-12-3-4-13(20-12)9-19-11-5-6-15(17)14(16)7-11/h5-7,10,12-13,18H,3-4,8-9H2,1-2H3. The van der Waals surface area contributed by atoms with Gasteiger partial charge in [0.05, 0.1) is 17.2 Å². The molecule has 1 aromatic carbocycles. The van der Waals surface area contributed by atoms with Gasteiger partial charge in [-0.15, -0.1) is 0 Å². The summed E-state index contributed by atoms with van der Waals surface area (Å²) in [6.45, 7) is 5.58. The number of nitrogens with one attached hydrogen (secondary N) is 1. The fraction of sp³-hybridized carbons (Fsp3) is 0.600. The second-order valence-electron chi connectivity index (χ2n) is 5.41. The minimum Gasteiger partial charge on any atom is -0.491 e. The molecular weight excluding hydrogens is 281 g/mol. The Morgan fingerprint density at radius 2 is 2.15 bits per heavy atom. The van der Waals surface area contributed by atoms with Gasteiger partial charge in [0.25, 0.3) is 0 Å². The second-order valence-corrected chi connectivity index (χ2v) is 5.81. The van der Waals surface area contributed by atoms with Crippen molar-refractivity contribution in [1.29, 1.82) is 0 Å². The third-order valence-electron chi connectivity index (χ3n) is 3.28. The topological polar surface area (TPSA) is 30.5 Å². The molecule has 112 valence electrons. The molecule has 0 saturated carbocycles. The van der Waals surface area contributed by atoms with Crippen LogP contribution < -0.4 is 10.1 Å². The molecule has 2 atom stereocenters. The molecule has 0 radical (unpaired) electrons. The summed E-state index contributed by atoms with van der Waals surface area (Å²) in [7, 11) is 0. The first kappa shape index (κ1) is 15.5. The maximum Gasteiger partial charge on any atom is 0.142 e. The van der Waals surface area contributed by atoms with Crippen LogP contribution in [0.2, 0.25) is 5.02 Å². The Morgan fingerprint density at radius 3 is 2.85 bits per heavy atom. The van der Waals surface area contributed by atoms with Crippen LogP contribution in [0.5, 0.6) is 5.75 Å². The number of benzene rings is 1. The highest BCUT2D eigenvalue weighted by Crippen LogP contribution is 2.23. The van der Waals surface area contributed by atoms with Gasteiger partial charge in [-0.2, -0.15) is 0 Å². The van der Waals surface area contributed by atoms with Crippen molar-refractivity contribution >= 4 is 11.6 Å². The zero-order valence-electron chi connectivity index (χ0n) is 11.9. The molecule has 20 heavy (non-hydrogen) atoms. The molecule has 0 aromatic heterocycles. The maximum absolute atomic E-state index is 13.0. The van der Waals surface area contributed by atoms with E-state index in [4.69, 9.17) is 21.1 Å². The highest BCUT2D eigenvalue weighted by molar-refractivity contribution is 6.30. The SMILES string of the molecule is CC(C)NCC1CCC(COc2ccc(F)c(Cl)c2)O1. The Kier molecular flexibility index (Phi) is 5.64. The van der Waals surface area contributed by atoms with Gasteiger partial charge >= 0.3 is 0 Å². The van der Waals surface area contributed by atoms with E-state index in [1.54, 1.807) is 6.07 Å². The Bertz CT molecular complexity index is 442. The molecular formula is C15H21ClFNO2. The largest absolute Gasteiger partial charge is 0.491 e. The van der Waals surface area contributed by atoms with Gasteiger partial charge in [-0.05, 0) is 25.0 Å². The molecule has 1 fully saturated rings. The smallest absolute Gasteiger partial charge is 0.142 e. The molecule has 0 amide bonds. The molecule has 1 aliphatic heterocycles. The lowest BCUT2D eigenvalue weighted by molar-refractivity contribution is 0.0178. The van der Waals surface area contributed by atoms with E-state index in [1.165, 1.54) is 12.1 Å². The van der Waals surface area contributed by atoms with E-state index in [0.717, 1.165) is 19.4 Å². The summed E-state index contributed by atoms with van der Waals surface area (Å²) in [5, 5.41) is 3.45. The van der Waals surface area contributed by atoms with Crippen molar-refractivity contribution in [3.05, 3.63) is 29.0 Å². The van der Waals surface area contributed by atoms with E-state index in [9.17, 15) is 4.39 Å². The van der Waals surface area contributed by atoms with Crippen LogP contribution in [-0.4, -0.2) is 31.4 Å². The van der Waals surface area contributed by atoms with Gasteiger partial charge in [-0.3, -0.25) is 0 Å².